The van der Waals surface area contributed by atoms with Crippen molar-refractivity contribution in [1.29, 1.82) is 0 Å². The van der Waals surface area contributed by atoms with Crippen molar-refractivity contribution in [1.82, 2.24) is 9.97 Å². The fourth-order valence-electron chi connectivity index (χ4n) is 2.26. The number of nitrogens with zero attached hydrogens (tertiary/aromatic N) is 1. The molecule has 1 saturated heterocycles. The van der Waals surface area contributed by atoms with E-state index in [-0.39, 0.29) is 5.56 Å². The van der Waals surface area contributed by atoms with Gasteiger partial charge in [0.25, 0.3) is 5.56 Å². The van der Waals surface area contributed by atoms with E-state index in [9.17, 15) is 4.79 Å². The third-order valence-electron chi connectivity index (χ3n) is 3.20. The third kappa shape index (κ3) is 2.50. The Labute approximate surface area is 118 Å². The first-order chi connectivity index (χ1) is 9.13. The van der Waals surface area contributed by atoms with Gasteiger partial charge in [0.15, 0.2) is 0 Å². The summed E-state index contributed by atoms with van der Waals surface area (Å²) in [7, 11) is 0. The Balaban J connectivity index is 2.05. The van der Waals surface area contributed by atoms with Crippen LogP contribution in [0.3, 0.4) is 0 Å². The van der Waals surface area contributed by atoms with Gasteiger partial charge in [-0.15, -0.1) is 0 Å². The fraction of sp³-hybridized carbons (Fsp3) is 0.385. The number of rotatable bonds is 2. The smallest absolute Gasteiger partial charge is 0.258 e. The lowest BCUT2D eigenvalue weighted by molar-refractivity contribution is 0.195. The number of halogens is 1. The van der Waals surface area contributed by atoms with Crippen molar-refractivity contribution in [2.45, 2.75) is 19.4 Å². The van der Waals surface area contributed by atoms with Gasteiger partial charge in [0.1, 0.15) is 5.82 Å². The van der Waals surface area contributed by atoms with Crippen LogP contribution in [-0.2, 0) is 4.74 Å². The van der Waals surface area contributed by atoms with Crippen LogP contribution >= 0.6 is 15.9 Å². The quantitative estimate of drug-likeness (QED) is 0.889. The number of aromatic nitrogens is 2. The number of H-pyrrole nitrogens is 1. The number of aryl methyl sites for hydroxylation is 1. The van der Waals surface area contributed by atoms with E-state index < -0.39 is 0 Å². The maximum absolute atomic E-state index is 11.9. The highest BCUT2D eigenvalue weighted by Gasteiger charge is 2.17. The molecule has 1 fully saturated rings. The summed E-state index contributed by atoms with van der Waals surface area (Å²) in [6.45, 7) is 3.26. The summed E-state index contributed by atoms with van der Waals surface area (Å²) >= 11 is 3.52. The molecule has 1 aromatic carbocycles. The molecule has 0 unspecified atom stereocenters. The number of fused-ring (bicyclic) bond motifs is 1. The van der Waals surface area contributed by atoms with Crippen LogP contribution in [0.5, 0.6) is 0 Å². The maximum Gasteiger partial charge on any atom is 0.258 e. The van der Waals surface area contributed by atoms with Crippen molar-refractivity contribution >= 4 is 32.5 Å². The lowest BCUT2D eigenvalue weighted by atomic mass is 10.2. The summed E-state index contributed by atoms with van der Waals surface area (Å²) in [5.74, 6) is 0.620. The number of nitrogens with one attached hydrogen (secondary N) is 2. The predicted molar refractivity (Wildman–Crippen MR) is 77.6 cm³/mol. The van der Waals surface area contributed by atoms with E-state index in [2.05, 4.69) is 31.2 Å². The largest absolute Gasteiger partial charge is 0.379 e. The highest BCUT2D eigenvalue weighted by atomic mass is 79.9. The van der Waals surface area contributed by atoms with Crippen molar-refractivity contribution in [3.63, 3.8) is 0 Å². The summed E-state index contributed by atoms with van der Waals surface area (Å²) in [5, 5.41) is 3.98. The Morgan fingerprint density at radius 3 is 3.11 bits per heavy atom. The SMILES string of the molecule is Cc1nc2cc(Br)c(N[C@H]3CCOC3)cc2c(=O)[nH]1. The molecule has 2 aromatic rings. The zero-order valence-corrected chi connectivity index (χ0v) is 12.1. The molecule has 1 aromatic heterocycles. The van der Waals surface area contributed by atoms with Crippen LogP contribution in [-0.4, -0.2) is 29.2 Å². The predicted octanol–water partition coefficient (Wildman–Crippen LogP) is 2.19. The zero-order valence-electron chi connectivity index (χ0n) is 10.5. The van der Waals surface area contributed by atoms with Crippen molar-refractivity contribution < 1.29 is 4.74 Å². The molecule has 2 heterocycles. The van der Waals surface area contributed by atoms with Crippen LogP contribution in [0.15, 0.2) is 21.4 Å². The highest BCUT2D eigenvalue weighted by Crippen LogP contribution is 2.27. The number of ether oxygens (including phenoxy) is 1. The standard InChI is InChI=1S/C13H14BrN3O2/c1-7-15-11-5-10(14)12(4-9(11)13(18)16-7)17-8-2-3-19-6-8/h4-5,8,17H,2-3,6H2,1H3,(H,15,16,18)/t8-/m0/s1. The minimum Gasteiger partial charge on any atom is -0.379 e. The molecule has 2 N–H and O–H groups in total. The Hall–Kier alpha value is -1.40. The molecule has 0 saturated carbocycles. The van der Waals surface area contributed by atoms with Gasteiger partial charge in [-0.2, -0.15) is 0 Å². The van der Waals surface area contributed by atoms with Gasteiger partial charge in [-0.25, -0.2) is 4.98 Å². The monoisotopic (exact) mass is 323 g/mol. The zero-order chi connectivity index (χ0) is 13.4. The summed E-state index contributed by atoms with van der Waals surface area (Å²) in [4.78, 5) is 19.0. The molecule has 0 radical (unpaired) electrons. The molecule has 1 aliphatic rings. The molecule has 3 rings (SSSR count). The van der Waals surface area contributed by atoms with Crippen molar-refractivity contribution in [2.24, 2.45) is 0 Å². The molecule has 0 bridgehead atoms. The summed E-state index contributed by atoms with van der Waals surface area (Å²) in [6.07, 6.45) is 0.979. The highest BCUT2D eigenvalue weighted by molar-refractivity contribution is 9.10. The second kappa shape index (κ2) is 4.94. The Kier molecular flexibility index (Phi) is 3.28. The molecule has 0 spiro atoms. The van der Waals surface area contributed by atoms with Crippen LogP contribution in [0.4, 0.5) is 5.69 Å². The number of benzene rings is 1. The van der Waals surface area contributed by atoms with Gasteiger partial charge < -0.3 is 15.0 Å². The van der Waals surface area contributed by atoms with E-state index in [4.69, 9.17) is 4.74 Å². The molecule has 0 amide bonds. The number of hydrogen-bond donors (Lipinski definition) is 2. The number of aromatic amines is 1. The van der Waals surface area contributed by atoms with E-state index in [0.29, 0.717) is 29.4 Å². The molecule has 1 atom stereocenters. The van der Waals surface area contributed by atoms with Crippen LogP contribution in [0.25, 0.3) is 10.9 Å². The Morgan fingerprint density at radius 2 is 2.37 bits per heavy atom. The van der Waals surface area contributed by atoms with Crippen LogP contribution in [0.2, 0.25) is 0 Å². The minimum absolute atomic E-state index is 0.110. The van der Waals surface area contributed by atoms with Gasteiger partial charge in [0, 0.05) is 16.8 Å². The first-order valence-electron chi connectivity index (χ1n) is 6.18. The molecule has 19 heavy (non-hydrogen) atoms. The fourth-order valence-corrected chi connectivity index (χ4v) is 2.70. The van der Waals surface area contributed by atoms with Crippen molar-refractivity contribution in [3.05, 3.63) is 32.8 Å². The summed E-state index contributed by atoms with van der Waals surface area (Å²) in [6, 6.07) is 4.00. The molecular weight excluding hydrogens is 310 g/mol. The maximum atomic E-state index is 11.9. The van der Waals surface area contributed by atoms with E-state index in [1.807, 2.05) is 12.1 Å². The van der Waals surface area contributed by atoms with Gasteiger partial charge >= 0.3 is 0 Å². The Bertz CT molecular complexity index is 677. The van der Waals surface area contributed by atoms with Gasteiger partial charge in [-0.1, -0.05) is 0 Å². The molecule has 1 aliphatic heterocycles. The minimum atomic E-state index is -0.110. The number of hydrogen-bond acceptors (Lipinski definition) is 4. The van der Waals surface area contributed by atoms with Crippen LogP contribution < -0.4 is 10.9 Å². The van der Waals surface area contributed by atoms with E-state index in [1.54, 1.807) is 6.92 Å². The topological polar surface area (TPSA) is 67.0 Å². The summed E-state index contributed by atoms with van der Waals surface area (Å²) < 4.78 is 6.24. The van der Waals surface area contributed by atoms with Gasteiger partial charge in [-0.05, 0) is 41.4 Å². The van der Waals surface area contributed by atoms with Gasteiger partial charge in [-0.3, -0.25) is 4.79 Å². The first kappa shape index (κ1) is 12.6. The van der Waals surface area contributed by atoms with E-state index in [0.717, 1.165) is 23.2 Å². The van der Waals surface area contributed by atoms with Crippen LogP contribution in [0.1, 0.15) is 12.2 Å². The van der Waals surface area contributed by atoms with Crippen molar-refractivity contribution in [2.75, 3.05) is 18.5 Å². The van der Waals surface area contributed by atoms with Gasteiger partial charge in [0.05, 0.1) is 23.6 Å². The lowest BCUT2D eigenvalue weighted by Gasteiger charge is -2.14. The Morgan fingerprint density at radius 1 is 1.53 bits per heavy atom. The third-order valence-corrected chi connectivity index (χ3v) is 3.86. The molecular formula is C13H14BrN3O2. The molecule has 5 nitrogen and oxygen atoms in total. The molecule has 0 aliphatic carbocycles. The van der Waals surface area contributed by atoms with Crippen molar-refractivity contribution in [3.8, 4) is 0 Å². The molecule has 6 heteroatoms. The average Bonchev–Trinajstić information content (AvgIpc) is 2.83. The number of anilines is 1. The first-order valence-corrected chi connectivity index (χ1v) is 6.97. The second-order valence-electron chi connectivity index (χ2n) is 4.71. The second-order valence-corrected chi connectivity index (χ2v) is 5.56. The average molecular weight is 324 g/mol. The van der Waals surface area contributed by atoms with Crippen LogP contribution in [0, 0.1) is 6.92 Å². The lowest BCUT2D eigenvalue weighted by Crippen LogP contribution is -2.19. The molecule has 100 valence electrons. The van der Waals surface area contributed by atoms with Gasteiger partial charge in [0.2, 0.25) is 0 Å². The summed E-state index contributed by atoms with van der Waals surface area (Å²) in [5.41, 5.74) is 1.49. The normalized spacial score (nSPS) is 18.9. The van der Waals surface area contributed by atoms with E-state index >= 15 is 0 Å². The van der Waals surface area contributed by atoms with E-state index in [1.165, 1.54) is 0 Å².